The first-order chi connectivity index (χ1) is 7.95. The van der Waals surface area contributed by atoms with Crippen LogP contribution in [0.1, 0.15) is 25.0 Å². The molecule has 94 valence electrons. The molecule has 0 amide bonds. The van der Waals surface area contributed by atoms with Crippen LogP contribution in [0.2, 0.25) is 0 Å². The molecule has 0 fully saturated rings. The Bertz CT molecular complexity index is 398. The van der Waals surface area contributed by atoms with Gasteiger partial charge >= 0.3 is 5.97 Å². The molecule has 0 saturated heterocycles. The molecule has 0 heterocycles. The summed E-state index contributed by atoms with van der Waals surface area (Å²) in [6.45, 7) is 3.50. The van der Waals surface area contributed by atoms with E-state index in [1.807, 2.05) is 13.8 Å². The molecule has 3 N–H and O–H groups in total. The highest BCUT2D eigenvalue weighted by molar-refractivity contribution is 5.70. The quantitative estimate of drug-likeness (QED) is 0.730. The Morgan fingerprint density at radius 3 is 2.41 bits per heavy atom. The lowest BCUT2D eigenvalue weighted by Crippen LogP contribution is -2.22. The van der Waals surface area contributed by atoms with Crippen LogP contribution in [-0.4, -0.2) is 21.3 Å². The van der Waals surface area contributed by atoms with E-state index >= 15 is 0 Å². The van der Waals surface area contributed by atoms with E-state index in [0.717, 1.165) is 5.56 Å². The van der Waals surface area contributed by atoms with Crippen molar-refractivity contribution in [1.82, 2.24) is 0 Å². The van der Waals surface area contributed by atoms with Gasteiger partial charge in [-0.3, -0.25) is 4.79 Å². The zero-order chi connectivity index (χ0) is 13.0. The summed E-state index contributed by atoms with van der Waals surface area (Å²) in [5.74, 6) is -1.25. The average Bonchev–Trinajstić information content (AvgIpc) is 2.25. The number of aromatic hydroxyl groups is 1. The lowest BCUT2D eigenvalue weighted by molar-refractivity contribution is -0.143. The number of aliphatic hydroxyl groups is 1. The number of carboxylic acids is 1. The lowest BCUT2D eigenvalue weighted by atomic mass is 9.89. The van der Waals surface area contributed by atoms with Crippen LogP contribution in [0.15, 0.2) is 18.2 Å². The Labute approximate surface area is 101 Å². The monoisotopic (exact) mass is 238 g/mol. The first-order valence-electron chi connectivity index (χ1n) is 5.60. The van der Waals surface area contributed by atoms with E-state index in [9.17, 15) is 9.90 Å². The molecular formula is C13H18O4. The van der Waals surface area contributed by atoms with Crippen molar-refractivity contribution in [2.24, 2.45) is 11.8 Å². The molecule has 1 aromatic rings. The van der Waals surface area contributed by atoms with Crippen LogP contribution in [0, 0.1) is 11.8 Å². The van der Waals surface area contributed by atoms with E-state index in [1.54, 1.807) is 12.1 Å². The molecule has 0 unspecified atom stereocenters. The van der Waals surface area contributed by atoms with Crippen molar-refractivity contribution >= 4 is 5.97 Å². The lowest BCUT2D eigenvalue weighted by Gasteiger charge is -2.16. The standard InChI is InChI=1S/C13H18O4/c1-8(2)11(13(16)17)5-9-3-4-10(7-14)12(15)6-9/h3-4,6,8,11,14-15H,5,7H2,1-2H3,(H,16,17)/t11-/m1/s1. The van der Waals surface area contributed by atoms with E-state index in [0.29, 0.717) is 12.0 Å². The van der Waals surface area contributed by atoms with Crippen LogP contribution in [0.4, 0.5) is 0 Å². The topological polar surface area (TPSA) is 77.8 Å². The second-order valence-corrected chi connectivity index (χ2v) is 4.51. The summed E-state index contributed by atoms with van der Waals surface area (Å²) >= 11 is 0. The Hall–Kier alpha value is -1.55. The fourth-order valence-electron chi connectivity index (χ4n) is 1.73. The number of aliphatic hydroxyl groups excluding tert-OH is 1. The molecule has 0 spiro atoms. The van der Waals surface area contributed by atoms with Gasteiger partial charge in [0.05, 0.1) is 12.5 Å². The molecule has 0 aliphatic heterocycles. The highest BCUT2D eigenvalue weighted by atomic mass is 16.4. The van der Waals surface area contributed by atoms with Crippen molar-refractivity contribution in [3.8, 4) is 5.75 Å². The van der Waals surface area contributed by atoms with Gasteiger partial charge in [-0.15, -0.1) is 0 Å². The largest absolute Gasteiger partial charge is 0.508 e. The van der Waals surface area contributed by atoms with Gasteiger partial charge in [-0.2, -0.15) is 0 Å². The minimum absolute atomic E-state index is 0.0119. The van der Waals surface area contributed by atoms with Crippen LogP contribution in [0.5, 0.6) is 5.75 Å². The Morgan fingerprint density at radius 1 is 1.35 bits per heavy atom. The minimum atomic E-state index is -0.828. The minimum Gasteiger partial charge on any atom is -0.508 e. The highest BCUT2D eigenvalue weighted by Crippen LogP contribution is 2.23. The third-order valence-electron chi connectivity index (χ3n) is 2.90. The van der Waals surface area contributed by atoms with E-state index in [2.05, 4.69) is 0 Å². The fraction of sp³-hybridized carbons (Fsp3) is 0.462. The maximum Gasteiger partial charge on any atom is 0.307 e. The summed E-state index contributed by atoms with van der Waals surface area (Å²) in [4.78, 5) is 11.1. The Morgan fingerprint density at radius 2 is 2.00 bits per heavy atom. The predicted molar refractivity (Wildman–Crippen MR) is 63.7 cm³/mol. The number of carbonyl (C=O) groups is 1. The van der Waals surface area contributed by atoms with Gasteiger partial charge < -0.3 is 15.3 Å². The molecule has 0 aliphatic carbocycles. The number of hydrogen-bond acceptors (Lipinski definition) is 3. The molecule has 0 radical (unpaired) electrons. The molecule has 0 aromatic heterocycles. The zero-order valence-corrected chi connectivity index (χ0v) is 10.1. The van der Waals surface area contributed by atoms with Gasteiger partial charge in [0.2, 0.25) is 0 Å². The van der Waals surface area contributed by atoms with Gasteiger partial charge in [0.25, 0.3) is 0 Å². The fourth-order valence-corrected chi connectivity index (χ4v) is 1.73. The third-order valence-corrected chi connectivity index (χ3v) is 2.90. The smallest absolute Gasteiger partial charge is 0.307 e. The van der Waals surface area contributed by atoms with Gasteiger partial charge in [0.15, 0.2) is 0 Å². The molecule has 0 aliphatic rings. The molecule has 0 bridgehead atoms. The van der Waals surface area contributed by atoms with Crippen molar-refractivity contribution in [2.75, 3.05) is 0 Å². The molecule has 0 saturated carbocycles. The van der Waals surface area contributed by atoms with E-state index < -0.39 is 11.9 Å². The number of benzene rings is 1. The van der Waals surface area contributed by atoms with E-state index in [4.69, 9.17) is 10.2 Å². The Kier molecular flexibility index (Phi) is 4.52. The molecule has 1 rings (SSSR count). The van der Waals surface area contributed by atoms with Gasteiger partial charge in [-0.05, 0) is 24.0 Å². The van der Waals surface area contributed by atoms with Crippen LogP contribution in [-0.2, 0) is 17.8 Å². The zero-order valence-electron chi connectivity index (χ0n) is 10.1. The van der Waals surface area contributed by atoms with Gasteiger partial charge in [-0.1, -0.05) is 26.0 Å². The number of phenols is 1. The third kappa shape index (κ3) is 3.46. The van der Waals surface area contributed by atoms with Gasteiger partial charge in [0.1, 0.15) is 5.75 Å². The average molecular weight is 238 g/mol. The van der Waals surface area contributed by atoms with Crippen molar-refractivity contribution in [2.45, 2.75) is 26.9 Å². The van der Waals surface area contributed by atoms with Crippen LogP contribution >= 0.6 is 0 Å². The molecule has 17 heavy (non-hydrogen) atoms. The summed E-state index contributed by atoms with van der Waals surface area (Å²) in [5.41, 5.74) is 1.21. The SMILES string of the molecule is CC(C)[C@@H](Cc1ccc(CO)c(O)c1)C(=O)O. The van der Waals surface area contributed by atoms with E-state index in [1.165, 1.54) is 6.07 Å². The normalized spacial score (nSPS) is 12.7. The summed E-state index contributed by atoms with van der Waals surface area (Å²) < 4.78 is 0. The molecule has 1 aromatic carbocycles. The van der Waals surface area contributed by atoms with Gasteiger partial charge in [-0.25, -0.2) is 0 Å². The molecule has 4 heteroatoms. The highest BCUT2D eigenvalue weighted by Gasteiger charge is 2.21. The predicted octanol–water partition coefficient (Wildman–Crippen LogP) is 1.78. The Balaban J connectivity index is 2.87. The summed E-state index contributed by atoms with van der Waals surface area (Å²) in [7, 11) is 0. The van der Waals surface area contributed by atoms with Crippen molar-refractivity contribution in [3.63, 3.8) is 0 Å². The van der Waals surface area contributed by atoms with Crippen LogP contribution < -0.4 is 0 Å². The second-order valence-electron chi connectivity index (χ2n) is 4.51. The first-order valence-corrected chi connectivity index (χ1v) is 5.60. The number of rotatable bonds is 5. The maximum atomic E-state index is 11.1. The molecule has 4 nitrogen and oxygen atoms in total. The first kappa shape index (κ1) is 13.5. The summed E-state index contributed by atoms with van der Waals surface area (Å²) in [5, 5.41) is 27.6. The number of aliphatic carboxylic acids is 1. The molecular weight excluding hydrogens is 220 g/mol. The van der Waals surface area contributed by atoms with Crippen molar-refractivity contribution in [1.29, 1.82) is 0 Å². The summed E-state index contributed by atoms with van der Waals surface area (Å²) in [6, 6.07) is 4.87. The van der Waals surface area contributed by atoms with Gasteiger partial charge in [0, 0.05) is 5.56 Å². The number of hydrogen-bond donors (Lipinski definition) is 3. The number of carboxylic acid groups (broad SMARTS) is 1. The van der Waals surface area contributed by atoms with Crippen molar-refractivity contribution in [3.05, 3.63) is 29.3 Å². The van der Waals surface area contributed by atoms with Crippen LogP contribution in [0.3, 0.4) is 0 Å². The van der Waals surface area contributed by atoms with Crippen molar-refractivity contribution < 1.29 is 20.1 Å². The maximum absolute atomic E-state index is 11.1. The summed E-state index contributed by atoms with van der Waals surface area (Å²) in [6.07, 6.45) is 0.381. The molecule has 1 atom stereocenters. The van der Waals surface area contributed by atoms with Crippen LogP contribution in [0.25, 0.3) is 0 Å². The van der Waals surface area contributed by atoms with E-state index in [-0.39, 0.29) is 18.3 Å². The second kappa shape index (κ2) is 5.68.